The van der Waals surface area contributed by atoms with Crippen LogP contribution in [0.1, 0.15) is 16.8 Å². The van der Waals surface area contributed by atoms with E-state index in [0.29, 0.717) is 24.3 Å². The molecular formula is C12H10N2O3S. The summed E-state index contributed by atoms with van der Waals surface area (Å²) in [6.07, 6.45) is 0.512. The maximum atomic E-state index is 11.8. The number of benzene rings is 1. The van der Waals surface area contributed by atoms with E-state index in [9.17, 15) is 9.59 Å². The highest BCUT2D eigenvalue weighted by Gasteiger charge is 2.28. The van der Waals surface area contributed by atoms with Gasteiger partial charge in [0, 0.05) is 12.0 Å². The molecule has 0 saturated carbocycles. The van der Waals surface area contributed by atoms with Crippen LogP contribution in [0.15, 0.2) is 29.3 Å². The molecule has 92 valence electrons. The third kappa shape index (κ3) is 2.80. The van der Waals surface area contributed by atoms with Gasteiger partial charge in [0.2, 0.25) is 0 Å². The van der Waals surface area contributed by atoms with Crippen molar-refractivity contribution in [1.82, 2.24) is 5.32 Å². The van der Waals surface area contributed by atoms with Gasteiger partial charge in [-0.15, -0.1) is 0 Å². The van der Waals surface area contributed by atoms with Gasteiger partial charge in [-0.1, -0.05) is 0 Å². The molecule has 1 aliphatic heterocycles. The summed E-state index contributed by atoms with van der Waals surface area (Å²) in [6, 6.07) is 5.99. The zero-order valence-electron chi connectivity index (χ0n) is 9.38. The van der Waals surface area contributed by atoms with Gasteiger partial charge in [0.05, 0.1) is 17.5 Å². The first kappa shape index (κ1) is 12.4. The van der Waals surface area contributed by atoms with Crippen LogP contribution in [-0.4, -0.2) is 29.7 Å². The monoisotopic (exact) mass is 262 g/mol. The fourth-order valence-electron chi connectivity index (χ4n) is 1.61. The van der Waals surface area contributed by atoms with Gasteiger partial charge in [-0.25, -0.2) is 4.79 Å². The van der Waals surface area contributed by atoms with Crippen LogP contribution in [0, 0.1) is 0 Å². The standard InChI is InChI=1S/C12H10N2O3S/c15-11(14-10-5-6-17-12(10)16)8-1-3-9(4-2-8)13-7-18/h1-4,10H,5-6H2,(H,14,15)/t10-/m0/s1. The zero-order chi connectivity index (χ0) is 13.0. The fourth-order valence-corrected chi connectivity index (χ4v) is 1.71. The van der Waals surface area contributed by atoms with Gasteiger partial charge in [-0.05, 0) is 36.5 Å². The summed E-state index contributed by atoms with van der Waals surface area (Å²) >= 11 is 4.48. The molecule has 1 aliphatic rings. The lowest BCUT2D eigenvalue weighted by molar-refractivity contribution is -0.139. The molecule has 1 amide bonds. The molecule has 5 nitrogen and oxygen atoms in total. The molecule has 1 heterocycles. The van der Waals surface area contributed by atoms with Crippen molar-refractivity contribution in [2.45, 2.75) is 12.5 Å². The summed E-state index contributed by atoms with van der Waals surface area (Å²) < 4.78 is 4.76. The van der Waals surface area contributed by atoms with Crippen molar-refractivity contribution >= 4 is 34.9 Å². The van der Waals surface area contributed by atoms with Gasteiger partial charge >= 0.3 is 5.97 Å². The first-order valence-electron chi connectivity index (χ1n) is 5.36. The van der Waals surface area contributed by atoms with Gasteiger partial charge in [-0.3, -0.25) is 4.79 Å². The van der Waals surface area contributed by atoms with E-state index < -0.39 is 6.04 Å². The Hall–Kier alpha value is -2.04. The Bertz CT molecular complexity index is 521. The number of ether oxygens (including phenoxy) is 1. The van der Waals surface area contributed by atoms with Gasteiger partial charge < -0.3 is 10.1 Å². The smallest absolute Gasteiger partial charge is 0.328 e. The first-order chi connectivity index (χ1) is 8.70. The largest absolute Gasteiger partial charge is 0.464 e. The van der Waals surface area contributed by atoms with E-state index in [-0.39, 0.29) is 11.9 Å². The number of nitrogens with one attached hydrogen (secondary N) is 1. The molecule has 1 aromatic carbocycles. The van der Waals surface area contributed by atoms with E-state index in [0.717, 1.165) is 0 Å². The van der Waals surface area contributed by atoms with Crippen LogP contribution in [0.3, 0.4) is 0 Å². The first-order valence-corrected chi connectivity index (χ1v) is 5.77. The van der Waals surface area contributed by atoms with Crippen molar-refractivity contribution in [3.05, 3.63) is 29.8 Å². The topological polar surface area (TPSA) is 67.8 Å². The number of hydrogen-bond donors (Lipinski definition) is 1. The van der Waals surface area contributed by atoms with Gasteiger partial charge in [0.15, 0.2) is 0 Å². The van der Waals surface area contributed by atoms with Crippen LogP contribution in [0.5, 0.6) is 0 Å². The summed E-state index contributed by atoms with van der Waals surface area (Å²) in [5.74, 6) is -0.693. The second-order valence-electron chi connectivity index (χ2n) is 3.73. The number of carbonyl (C=O) groups excluding carboxylic acids is 2. The molecule has 1 saturated heterocycles. The Morgan fingerprint density at radius 2 is 2.17 bits per heavy atom. The van der Waals surface area contributed by atoms with Crippen molar-refractivity contribution < 1.29 is 14.3 Å². The Morgan fingerprint density at radius 1 is 1.44 bits per heavy atom. The van der Waals surface area contributed by atoms with Crippen LogP contribution in [-0.2, 0) is 9.53 Å². The predicted molar refractivity (Wildman–Crippen MR) is 68.0 cm³/mol. The summed E-state index contributed by atoms with van der Waals surface area (Å²) in [5, 5.41) is 4.86. The number of amides is 1. The third-order valence-electron chi connectivity index (χ3n) is 2.54. The lowest BCUT2D eigenvalue weighted by atomic mass is 10.1. The summed E-state index contributed by atoms with van der Waals surface area (Å²) in [7, 11) is 0. The second-order valence-corrected chi connectivity index (χ2v) is 3.91. The average molecular weight is 262 g/mol. The van der Waals surface area contributed by atoms with E-state index in [1.807, 2.05) is 0 Å². The van der Waals surface area contributed by atoms with E-state index in [2.05, 4.69) is 27.7 Å². The molecule has 0 spiro atoms. The predicted octanol–water partition coefficient (Wildman–Crippen LogP) is 1.47. The molecule has 0 radical (unpaired) electrons. The Kier molecular flexibility index (Phi) is 3.82. The molecular weight excluding hydrogens is 252 g/mol. The maximum Gasteiger partial charge on any atom is 0.328 e. The summed E-state index contributed by atoms with van der Waals surface area (Å²) in [5.41, 5.74) is 1.08. The van der Waals surface area contributed by atoms with E-state index >= 15 is 0 Å². The average Bonchev–Trinajstić information content (AvgIpc) is 2.76. The SMILES string of the molecule is O=C(N[C@H]1CCOC1=O)c1ccc(N=C=S)cc1. The Balaban J connectivity index is 2.04. The molecule has 0 aromatic heterocycles. The van der Waals surface area contributed by atoms with Crippen LogP contribution >= 0.6 is 12.2 Å². The van der Waals surface area contributed by atoms with Gasteiger partial charge in [-0.2, -0.15) is 4.99 Å². The number of esters is 1. The minimum atomic E-state index is -0.545. The third-order valence-corrected chi connectivity index (χ3v) is 2.64. The molecule has 6 heteroatoms. The highest BCUT2D eigenvalue weighted by Crippen LogP contribution is 2.13. The van der Waals surface area contributed by atoms with Crippen LogP contribution in [0.25, 0.3) is 0 Å². The molecule has 1 fully saturated rings. The fraction of sp³-hybridized carbons (Fsp3) is 0.250. The van der Waals surface area contributed by atoms with Crippen molar-refractivity contribution in [2.24, 2.45) is 4.99 Å². The lowest BCUT2D eigenvalue weighted by Crippen LogP contribution is -2.37. The highest BCUT2D eigenvalue weighted by atomic mass is 32.1. The molecule has 1 aromatic rings. The molecule has 1 N–H and O–H groups in total. The Labute approximate surface area is 109 Å². The minimum absolute atomic E-state index is 0.309. The quantitative estimate of drug-likeness (QED) is 0.509. The van der Waals surface area contributed by atoms with Gasteiger partial charge in [0.25, 0.3) is 5.91 Å². The number of isothiocyanates is 1. The van der Waals surface area contributed by atoms with Crippen molar-refractivity contribution in [3.8, 4) is 0 Å². The normalized spacial score (nSPS) is 17.8. The molecule has 1 atom stereocenters. The van der Waals surface area contributed by atoms with Crippen molar-refractivity contribution in [1.29, 1.82) is 0 Å². The number of nitrogens with zero attached hydrogens (tertiary/aromatic N) is 1. The van der Waals surface area contributed by atoms with E-state index in [1.54, 1.807) is 24.3 Å². The highest BCUT2D eigenvalue weighted by molar-refractivity contribution is 7.78. The number of rotatable bonds is 3. The van der Waals surface area contributed by atoms with Crippen LogP contribution < -0.4 is 5.32 Å². The Morgan fingerprint density at radius 3 is 2.72 bits per heavy atom. The number of hydrogen-bond acceptors (Lipinski definition) is 5. The van der Waals surface area contributed by atoms with Crippen molar-refractivity contribution in [2.75, 3.05) is 6.61 Å². The minimum Gasteiger partial charge on any atom is -0.464 e. The summed E-state index contributed by atoms with van der Waals surface area (Å²) in [4.78, 5) is 26.8. The second kappa shape index (κ2) is 5.53. The van der Waals surface area contributed by atoms with E-state index in [1.165, 1.54) is 0 Å². The molecule has 0 unspecified atom stereocenters. The van der Waals surface area contributed by atoms with E-state index in [4.69, 9.17) is 4.74 Å². The number of thiocarbonyl (C=S) groups is 1. The van der Waals surface area contributed by atoms with Crippen LogP contribution in [0.4, 0.5) is 5.69 Å². The maximum absolute atomic E-state index is 11.8. The number of carbonyl (C=O) groups is 2. The molecule has 2 rings (SSSR count). The molecule has 0 aliphatic carbocycles. The van der Waals surface area contributed by atoms with Crippen molar-refractivity contribution in [3.63, 3.8) is 0 Å². The molecule has 18 heavy (non-hydrogen) atoms. The lowest BCUT2D eigenvalue weighted by Gasteiger charge is -2.08. The summed E-state index contributed by atoms with van der Waals surface area (Å²) in [6.45, 7) is 0.353. The molecule has 0 bridgehead atoms. The van der Waals surface area contributed by atoms with Gasteiger partial charge in [0.1, 0.15) is 6.04 Å². The zero-order valence-corrected chi connectivity index (χ0v) is 10.2. The number of aliphatic imine (C=N–C) groups is 1. The number of cyclic esters (lactones) is 1. The van der Waals surface area contributed by atoms with Crippen LogP contribution in [0.2, 0.25) is 0 Å².